The minimum atomic E-state index is -4.54. The Bertz CT molecular complexity index is 527. The Morgan fingerprint density at radius 3 is 2.52 bits per heavy atom. The van der Waals surface area contributed by atoms with Crippen molar-refractivity contribution in [2.75, 3.05) is 18.5 Å². The van der Waals surface area contributed by atoms with Crippen LogP contribution in [0.3, 0.4) is 0 Å². The molecule has 0 aliphatic carbocycles. The van der Waals surface area contributed by atoms with E-state index in [1.807, 2.05) is 0 Å². The van der Waals surface area contributed by atoms with E-state index < -0.39 is 23.5 Å². The van der Waals surface area contributed by atoms with Gasteiger partial charge in [0.25, 0.3) is 0 Å². The number of hydrogen-bond donors (Lipinski definition) is 3. The molecule has 1 unspecified atom stereocenters. The number of aliphatic hydroxyl groups excluding tert-OH is 1. The van der Waals surface area contributed by atoms with Gasteiger partial charge in [-0.15, -0.1) is 0 Å². The monoisotopic (exact) mass is 333 g/mol. The third-order valence-electron chi connectivity index (χ3n) is 3.11. The zero-order chi connectivity index (χ0) is 17.7. The second kappa shape index (κ2) is 7.74. The van der Waals surface area contributed by atoms with Crippen molar-refractivity contribution >= 4 is 11.6 Å². The van der Waals surface area contributed by atoms with Crippen LogP contribution < -0.4 is 10.6 Å². The summed E-state index contributed by atoms with van der Waals surface area (Å²) in [5.74, 6) is -0.400. The zero-order valence-electron chi connectivity index (χ0n) is 13.4. The summed E-state index contributed by atoms with van der Waals surface area (Å²) in [5.41, 5.74) is -0.834. The molecule has 1 amide bonds. The van der Waals surface area contributed by atoms with Crippen molar-refractivity contribution in [3.8, 4) is 0 Å². The van der Waals surface area contributed by atoms with Crippen LogP contribution in [0.2, 0.25) is 0 Å². The van der Waals surface area contributed by atoms with Gasteiger partial charge in [-0.3, -0.25) is 9.78 Å². The van der Waals surface area contributed by atoms with Crippen molar-refractivity contribution in [2.45, 2.75) is 39.4 Å². The average Bonchev–Trinajstić information content (AvgIpc) is 2.42. The Labute approximate surface area is 133 Å². The fourth-order valence-corrected chi connectivity index (χ4v) is 1.80. The highest BCUT2D eigenvalue weighted by Gasteiger charge is 2.41. The fourth-order valence-electron chi connectivity index (χ4n) is 1.80. The molecular weight excluding hydrogens is 311 g/mol. The van der Waals surface area contributed by atoms with E-state index in [1.165, 1.54) is 18.5 Å². The summed E-state index contributed by atoms with van der Waals surface area (Å²) in [7, 11) is 0. The Balaban J connectivity index is 3.10. The molecule has 1 atom stereocenters. The van der Waals surface area contributed by atoms with Crippen molar-refractivity contribution in [2.24, 2.45) is 5.41 Å². The lowest BCUT2D eigenvalue weighted by atomic mass is 9.95. The molecule has 1 aromatic rings. The lowest BCUT2D eigenvalue weighted by Crippen LogP contribution is -2.36. The van der Waals surface area contributed by atoms with Crippen LogP contribution in [0.5, 0.6) is 0 Å². The summed E-state index contributed by atoms with van der Waals surface area (Å²) in [5, 5.41) is 13.6. The first-order valence-corrected chi connectivity index (χ1v) is 7.23. The molecule has 0 bridgehead atoms. The van der Waals surface area contributed by atoms with Crippen molar-refractivity contribution in [3.05, 3.63) is 24.0 Å². The van der Waals surface area contributed by atoms with E-state index in [0.717, 1.165) is 0 Å². The molecule has 0 saturated heterocycles. The molecule has 23 heavy (non-hydrogen) atoms. The molecule has 0 fully saturated rings. The predicted octanol–water partition coefficient (Wildman–Crippen LogP) is 2.64. The number of aliphatic hydroxyl groups is 1. The molecule has 0 radical (unpaired) electrons. The third kappa shape index (κ3) is 5.80. The zero-order valence-corrected chi connectivity index (χ0v) is 13.4. The first-order chi connectivity index (χ1) is 10.6. The molecule has 0 aliphatic rings. The van der Waals surface area contributed by atoms with Gasteiger partial charge in [0.05, 0.1) is 11.9 Å². The van der Waals surface area contributed by atoms with Gasteiger partial charge in [0.1, 0.15) is 6.04 Å². The summed E-state index contributed by atoms with van der Waals surface area (Å²) in [4.78, 5) is 15.8. The van der Waals surface area contributed by atoms with Gasteiger partial charge in [-0.1, -0.05) is 20.8 Å². The number of nitrogens with zero attached hydrogens (tertiary/aromatic N) is 1. The number of alkyl halides is 3. The van der Waals surface area contributed by atoms with Gasteiger partial charge < -0.3 is 15.7 Å². The maximum Gasteiger partial charge on any atom is 0.407 e. The molecule has 0 aliphatic heterocycles. The molecule has 5 nitrogen and oxygen atoms in total. The average molecular weight is 333 g/mol. The molecule has 0 aromatic carbocycles. The van der Waals surface area contributed by atoms with Gasteiger partial charge >= 0.3 is 6.18 Å². The van der Waals surface area contributed by atoms with Gasteiger partial charge in [-0.2, -0.15) is 13.2 Å². The first kappa shape index (κ1) is 19.4. The summed E-state index contributed by atoms with van der Waals surface area (Å²) in [6.45, 7) is 4.79. The van der Waals surface area contributed by atoms with Crippen LogP contribution in [0.25, 0.3) is 0 Å². The topological polar surface area (TPSA) is 74.2 Å². The van der Waals surface area contributed by atoms with Gasteiger partial charge in [-0.05, 0) is 19.0 Å². The molecule has 1 heterocycles. The van der Waals surface area contributed by atoms with Crippen LogP contribution in [-0.4, -0.2) is 35.3 Å². The standard InChI is InChI=1S/C15H22F3N3O2/c1-14(2,3)13(23)21-11-9-19-7-5-10(11)12(15(16,17)18)20-6-4-8-22/h5,7,9,12,20,22H,4,6,8H2,1-3H3,(H,21,23). The van der Waals surface area contributed by atoms with Crippen LogP contribution in [-0.2, 0) is 4.79 Å². The SMILES string of the molecule is CC(C)(C)C(=O)Nc1cnccc1C(NCCCO)C(F)(F)F. The normalized spacial score (nSPS) is 13.7. The van der Waals surface area contributed by atoms with E-state index in [-0.39, 0.29) is 30.8 Å². The van der Waals surface area contributed by atoms with E-state index in [1.54, 1.807) is 20.8 Å². The van der Waals surface area contributed by atoms with E-state index >= 15 is 0 Å². The third-order valence-corrected chi connectivity index (χ3v) is 3.11. The van der Waals surface area contributed by atoms with Gasteiger partial charge in [-0.25, -0.2) is 0 Å². The van der Waals surface area contributed by atoms with Gasteiger partial charge in [0.15, 0.2) is 0 Å². The largest absolute Gasteiger partial charge is 0.407 e. The number of nitrogens with one attached hydrogen (secondary N) is 2. The Morgan fingerprint density at radius 2 is 2.00 bits per heavy atom. The van der Waals surface area contributed by atoms with Crippen LogP contribution in [0.15, 0.2) is 18.5 Å². The number of amides is 1. The van der Waals surface area contributed by atoms with Crippen LogP contribution in [0, 0.1) is 5.41 Å². The van der Waals surface area contributed by atoms with Gasteiger partial charge in [0, 0.05) is 23.8 Å². The van der Waals surface area contributed by atoms with E-state index in [2.05, 4.69) is 15.6 Å². The number of carbonyl (C=O) groups excluding carboxylic acids is 1. The van der Waals surface area contributed by atoms with E-state index in [4.69, 9.17) is 5.11 Å². The highest BCUT2D eigenvalue weighted by atomic mass is 19.4. The Kier molecular flexibility index (Phi) is 6.52. The Hall–Kier alpha value is -1.67. The second-order valence-electron chi connectivity index (χ2n) is 6.17. The number of rotatable bonds is 6. The lowest BCUT2D eigenvalue weighted by molar-refractivity contribution is -0.157. The predicted molar refractivity (Wildman–Crippen MR) is 80.8 cm³/mol. The number of anilines is 1. The van der Waals surface area contributed by atoms with Crippen LogP contribution >= 0.6 is 0 Å². The van der Waals surface area contributed by atoms with Crippen LogP contribution in [0.4, 0.5) is 18.9 Å². The highest BCUT2D eigenvalue weighted by Crippen LogP contribution is 2.36. The number of aromatic nitrogens is 1. The van der Waals surface area contributed by atoms with Crippen molar-refractivity contribution in [1.82, 2.24) is 10.3 Å². The van der Waals surface area contributed by atoms with Crippen molar-refractivity contribution in [3.63, 3.8) is 0 Å². The highest BCUT2D eigenvalue weighted by molar-refractivity contribution is 5.95. The first-order valence-electron chi connectivity index (χ1n) is 7.23. The number of hydrogen-bond acceptors (Lipinski definition) is 4. The van der Waals surface area contributed by atoms with E-state index in [0.29, 0.717) is 0 Å². The molecule has 1 aromatic heterocycles. The minimum absolute atomic E-state index is 0.00431. The van der Waals surface area contributed by atoms with Crippen LogP contribution in [0.1, 0.15) is 38.8 Å². The van der Waals surface area contributed by atoms with E-state index in [9.17, 15) is 18.0 Å². The molecule has 0 spiro atoms. The molecular formula is C15H22F3N3O2. The fraction of sp³-hybridized carbons (Fsp3) is 0.600. The number of halogens is 3. The van der Waals surface area contributed by atoms with Crippen molar-refractivity contribution < 1.29 is 23.1 Å². The minimum Gasteiger partial charge on any atom is -0.396 e. The summed E-state index contributed by atoms with van der Waals surface area (Å²) in [6, 6.07) is -0.727. The quantitative estimate of drug-likeness (QED) is 0.700. The molecule has 1 rings (SSSR count). The second-order valence-corrected chi connectivity index (χ2v) is 6.17. The summed E-state index contributed by atoms with van der Waals surface area (Å²) in [6.07, 6.45) is -1.90. The maximum absolute atomic E-state index is 13.3. The summed E-state index contributed by atoms with van der Waals surface area (Å²) >= 11 is 0. The number of pyridine rings is 1. The van der Waals surface area contributed by atoms with Crippen molar-refractivity contribution in [1.29, 1.82) is 0 Å². The molecule has 3 N–H and O–H groups in total. The van der Waals surface area contributed by atoms with Gasteiger partial charge in [0.2, 0.25) is 5.91 Å². The Morgan fingerprint density at radius 1 is 1.35 bits per heavy atom. The maximum atomic E-state index is 13.3. The number of carbonyl (C=O) groups is 1. The smallest absolute Gasteiger partial charge is 0.396 e. The molecule has 8 heteroatoms. The summed E-state index contributed by atoms with van der Waals surface area (Å²) < 4.78 is 40.0. The lowest BCUT2D eigenvalue weighted by Gasteiger charge is -2.25. The molecule has 0 saturated carbocycles. The molecule has 130 valence electrons.